The first-order valence-corrected chi connectivity index (χ1v) is 10.0. The molecule has 7 nitrogen and oxygen atoms in total. The van der Waals surface area contributed by atoms with Crippen LogP contribution in [0, 0.1) is 0 Å². The van der Waals surface area contributed by atoms with E-state index in [2.05, 4.69) is 15.7 Å². The molecule has 160 valence electrons. The maximum absolute atomic E-state index is 12.8. The van der Waals surface area contributed by atoms with Gasteiger partial charge >= 0.3 is 0 Å². The van der Waals surface area contributed by atoms with Gasteiger partial charge in [-0.25, -0.2) is 10.8 Å². The number of carbonyl (C=O) groups is 1. The Morgan fingerprint density at radius 1 is 0.906 bits per heavy atom. The summed E-state index contributed by atoms with van der Waals surface area (Å²) in [5, 5.41) is 2.90. The van der Waals surface area contributed by atoms with E-state index in [0.29, 0.717) is 35.1 Å². The summed E-state index contributed by atoms with van der Waals surface area (Å²) in [5.74, 6) is 6.34. The van der Waals surface area contributed by atoms with Crippen molar-refractivity contribution in [2.45, 2.75) is 6.61 Å². The average Bonchev–Trinajstić information content (AvgIpc) is 2.84. The Morgan fingerprint density at radius 2 is 1.69 bits per heavy atom. The van der Waals surface area contributed by atoms with Gasteiger partial charge in [-0.1, -0.05) is 42.5 Å². The van der Waals surface area contributed by atoms with Crippen molar-refractivity contribution in [1.29, 1.82) is 0 Å². The molecule has 1 aromatic heterocycles. The summed E-state index contributed by atoms with van der Waals surface area (Å²) in [5.41, 5.74) is 12.4. The van der Waals surface area contributed by atoms with Gasteiger partial charge in [-0.2, -0.15) is 0 Å². The molecule has 0 saturated carbocycles. The van der Waals surface area contributed by atoms with Gasteiger partial charge in [0, 0.05) is 16.8 Å². The van der Waals surface area contributed by atoms with E-state index in [4.69, 9.17) is 16.3 Å². The largest absolute Gasteiger partial charge is 0.489 e. The number of pyridine rings is 1. The van der Waals surface area contributed by atoms with Crippen LogP contribution in [0.5, 0.6) is 5.75 Å². The van der Waals surface area contributed by atoms with Crippen LogP contribution in [0.1, 0.15) is 15.9 Å². The minimum Gasteiger partial charge on any atom is -0.489 e. The van der Waals surface area contributed by atoms with Gasteiger partial charge in [0.15, 0.2) is 5.82 Å². The smallest absolute Gasteiger partial charge is 0.255 e. The molecule has 0 atom stereocenters. The van der Waals surface area contributed by atoms with Crippen molar-refractivity contribution >= 4 is 23.1 Å². The van der Waals surface area contributed by atoms with Crippen molar-refractivity contribution in [3.8, 4) is 17.0 Å². The van der Waals surface area contributed by atoms with Crippen molar-refractivity contribution in [2.24, 2.45) is 5.84 Å². The number of nitrogens with zero attached hydrogens (tertiary/aromatic N) is 1. The van der Waals surface area contributed by atoms with E-state index >= 15 is 0 Å². The van der Waals surface area contributed by atoms with E-state index in [1.54, 1.807) is 30.3 Å². The Morgan fingerprint density at radius 3 is 2.44 bits per heavy atom. The molecule has 0 aliphatic rings. The van der Waals surface area contributed by atoms with Crippen molar-refractivity contribution in [3.63, 3.8) is 0 Å². The van der Waals surface area contributed by atoms with Gasteiger partial charge in [0.2, 0.25) is 0 Å². The summed E-state index contributed by atoms with van der Waals surface area (Å²) in [6, 6.07) is 27.9. The Hall–Kier alpha value is -4.36. The number of hydrazine groups is 1. The predicted octanol–water partition coefficient (Wildman–Crippen LogP) is 4.45. The molecular formula is C25H23N5O2. The Balaban J connectivity index is 1.42. The number of ether oxygens (including phenoxy) is 1. The fourth-order valence-electron chi connectivity index (χ4n) is 3.14. The van der Waals surface area contributed by atoms with Crippen LogP contribution in [0.15, 0.2) is 91.0 Å². The first kappa shape index (κ1) is 20.9. The number of benzene rings is 3. The van der Waals surface area contributed by atoms with Crippen molar-refractivity contribution < 1.29 is 9.53 Å². The van der Waals surface area contributed by atoms with Gasteiger partial charge in [0.05, 0.1) is 11.4 Å². The van der Waals surface area contributed by atoms with Gasteiger partial charge < -0.3 is 21.2 Å². The molecule has 1 amide bonds. The van der Waals surface area contributed by atoms with E-state index in [1.165, 1.54) is 0 Å². The average molecular weight is 425 g/mol. The normalized spacial score (nSPS) is 10.4. The fraction of sp³-hybridized carbons (Fsp3) is 0.0400. The number of rotatable bonds is 7. The zero-order chi connectivity index (χ0) is 22.3. The Labute approximate surface area is 186 Å². The Bertz CT molecular complexity index is 1210. The molecule has 4 rings (SSSR count). The van der Waals surface area contributed by atoms with Crippen LogP contribution >= 0.6 is 0 Å². The number of nitrogen functional groups attached to an aromatic ring is 2. The van der Waals surface area contributed by atoms with E-state index in [-0.39, 0.29) is 5.91 Å². The summed E-state index contributed by atoms with van der Waals surface area (Å²) >= 11 is 0. The monoisotopic (exact) mass is 425 g/mol. The SMILES string of the molecule is NNc1nc(-c2cccc(C(=O)Nc3ccc(OCc4ccccc4)cc3)c2)ccc1N. The molecule has 0 saturated heterocycles. The molecule has 0 fully saturated rings. The van der Waals surface area contributed by atoms with E-state index in [1.807, 2.05) is 60.7 Å². The fourth-order valence-corrected chi connectivity index (χ4v) is 3.14. The standard InChI is InChI=1S/C25H23N5O2/c26-22-13-14-23(29-24(22)30-27)18-7-4-8-19(15-18)25(31)28-20-9-11-21(12-10-20)32-16-17-5-2-1-3-6-17/h1-15H,16,26-27H2,(H,28,31)(H,29,30). The van der Waals surface area contributed by atoms with Gasteiger partial charge in [-0.05, 0) is 54.1 Å². The number of nitrogens with two attached hydrogens (primary N) is 2. The topological polar surface area (TPSA) is 115 Å². The zero-order valence-electron chi connectivity index (χ0n) is 17.3. The molecule has 4 aromatic rings. The summed E-state index contributed by atoms with van der Waals surface area (Å²) in [6.07, 6.45) is 0. The summed E-state index contributed by atoms with van der Waals surface area (Å²) in [4.78, 5) is 17.1. The van der Waals surface area contributed by atoms with Crippen molar-refractivity contribution in [3.05, 3.63) is 102 Å². The summed E-state index contributed by atoms with van der Waals surface area (Å²) < 4.78 is 5.79. The molecule has 32 heavy (non-hydrogen) atoms. The summed E-state index contributed by atoms with van der Waals surface area (Å²) in [7, 11) is 0. The van der Waals surface area contributed by atoms with Crippen molar-refractivity contribution in [1.82, 2.24) is 4.98 Å². The number of carbonyl (C=O) groups excluding carboxylic acids is 1. The lowest BCUT2D eigenvalue weighted by atomic mass is 10.1. The van der Waals surface area contributed by atoms with Crippen LogP contribution in [0.25, 0.3) is 11.3 Å². The lowest BCUT2D eigenvalue weighted by molar-refractivity contribution is 0.102. The molecule has 0 bridgehead atoms. The van der Waals surface area contributed by atoms with Crippen LogP contribution in [-0.2, 0) is 6.61 Å². The number of aromatic nitrogens is 1. The molecule has 0 spiro atoms. The molecule has 1 heterocycles. The number of hydrogen-bond acceptors (Lipinski definition) is 6. The zero-order valence-corrected chi connectivity index (χ0v) is 17.3. The van der Waals surface area contributed by atoms with Crippen LogP contribution in [0.3, 0.4) is 0 Å². The molecule has 0 aliphatic heterocycles. The third-order valence-electron chi connectivity index (χ3n) is 4.84. The molecule has 0 radical (unpaired) electrons. The number of anilines is 3. The first-order valence-electron chi connectivity index (χ1n) is 10.0. The maximum atomic E-state index is 12.8. The third-order valence-corrected chi connectivity index (χ3v) is 4.84. The number of nitrogens with one attached hydrogen (secondary N) is 2. The van der Waals surface area contributed by atoms with Gasteiger partial charge in [0.25, 0.3) is 5.91 Å². The molecule has 7 heteroatoms. The molecule has 0 unspecified atom stereocenters. The van der Waals surface area contributed by atoms with E-state index < -0.39 is 0 Å². The maximum Gasteiger partial charge on any atom is 0.255 e. The molecule has 0 aliphatic carbocycles. The highest BCUT2D eigenvalue weighted by Crippen LogP contribution is 2.24. The highest BCUT2D eigenvalue weighted by molar-refractivity contribution is 6.05. The predicted molar refractivity (Wildman–Crippen MR) is 127 cm³/mol. The van der Waals surface area contributed by atoms with Gasteiger partial charge in [0.1, 0.15) is 12.4 Å². The van der Waals surface area contributed by atoms with Crippen LogP contribution in [0.2, 0.25) is 0 Å². The minimum absolute atomic E-state index is 0.225. The highest BCUT2D eigenvalue weighted by atomic mass is 16.5. The second kappa shape index (κ2) is 9.63. The van der Waals surface area contributed by atoms with Crippen molar-refractivity contribution in [2.75, 3.05) is 16.5 Å². The quantitative estimate of drug-likeness (QED) is 0.257. The minimum atomic E-state index is -0.225. The van der Waals surface area contributed by atoms with Gasteiger partial charge in [-0.15, -0.1) is 0 Å². The van der Waals surface area contributed by atoms with Crippen LogP contribution < -0.4 is 27.1 Å². The number of hydrogen-bond donors (Lipinski definition) is 4. The van der Waals surface area contributed by atoms with E-state index in [0.717, 1.165) is 16.9 Å². The third kappa shape index (κ3) is 5.03. The second-order valence-corrected chi connectivity index (χ2v) is 7.11. The lowest BCUT2D eigenvalue weighted by Gasteiger charge is -2.10. The summed E-state index contributed by atoms with van der Waals surface area (Å²) in [6.45, 7) is 0.486. The molecule has 3 aromatic carbocycles. The van der Waals surface area contributed by atoms with Crippen LogP contribution in [0.4, 0.5) is 17.2 Å². The second-order valence-electron chi connectivity index (χ2n) is 7.11. The first-order chi connectivity index (χ1) is 15.6. The molecular weight excluding hydrogens is 402 g/mol. The van der Waals surface area contributed by atoms with Crippen LogP contribution in [-0.4, -0.2) is 10.9 Å². The van der Waals surface area contributed by atoms with E-state index in [9.17, 15) is 4.79 Å². The number of amides is 1. The highest BCUT2D eigenvalue weighted by Gasteiger charge is 2.10. The lowest BCUT2D eigenvalue weighted by Crippen LogP contribution is -2.12. The molecule has 6 N–H and O–H groups in total. The Kier molecular flexibility index (Phi) is 6.29. The van der Waals surface area contributed by atoms with Gasteiger partial charge in [-0.3, -0.25) is 4.79 Å².